The maximum atomic E-state index is 13.3. The van der Waals surface area contributed by atoms with Crippen molar-refractivity contribution in [2.45, 2.75) is 32.0 Å². The van der Waals surface area contributed by atoms with Crippen molar-refractivity contribution in [1.82, 2.24) is 19.5 Å². The first-order chi connectivity index (χ1) is 18.5. The minimum atomic E-state index is -4.62. The van der Waals surface area contributed by atoms with Crippen LogP contribution >= 0.6 is 0 Å². The molecule has 2 aliphatic heterocycles. The van der Waals surface area contributed by atoms with E-state index in [4.69, 9.17) is 9.47 Å². The molecule has 2 aromatic rings. The molecule has 0 unspecified atom stereocenters. The van der Waals surface area contributed by atoms with Gasteiger partial charge in [0.05, 0.1) is 30.8 Å². The molecule has 0 spiro atoms. The van der Waals surface area contributed by atoms with Gasteiger partial charge in [0, 0.05) is 40.2 Å². The fourth-order valence-corrected chi connectivity index (χ4v) is 4.39. The van der Waals surface area contributed by atoms with E-state index in [1.807, 2.05) is 6.20 Å². The number of rotatable bonds is 9. The van der Waals surface area contributed by atoms with Crippen LogP contribution in [-0.4, -0.2) is 90.4 Å². The normalized spacial score (nSPS) is 16.8. The lowest BCUT2D eigenvalue weighted by atomic mass is 9.94. The van der Waals surface area contributed by atoms with Gasteiger partial charge in [0.2, 0.25) is 11.9 Å². The summed E-state index contributed by atoms with van der Waals surface area (Å²) in [5.74, 6) is -1.96. The van der Waals surface area contributed by atoms with Crippen LogP contribution in [0.15, 0.2) is 24.4 Å². The van der Waals surface area contributed by atoms with Gasteiger partial charge >= 0.3 is 12.1 Å². The van der Waals surface area contributed by atoms with E-state index in [-0.39, 0.29) is 13.0 Å². The minimum absolute atomic E-state index is 0.0553. The van der Waals surface area contributed by atoms with Crippen molar-refractivity contribution in [2.24, 2.45) is 5.92 Å². The summed E-state index contributed by atoms with van der Waals surface area (Å²) in [6.07, 6.45) is -2.63. The van der Waals surface area contributed by atoms with E-state index < -0.39 is 49.5 Å². The molecule has 1 atom stereocenters. The lowest BCUT2D eigenvalue weighted by molar-refractivity contribution is -0.166. The molecule has 2 aliphatic rings. The monoisotopic (exact) mass is 552 g/mol. The van der Waals surface area contributed by atoms with Crippen molar-refractivity contribution in [1.29, 1.82) is 0 Å². The summed E-state index contributed by atoms with van der Waals surface area (Å²) < 4.78 is 52.6. The molecule has 0 fully saturated rings. The molecule has 0 saturated heterocycles. The number of esters is 1. The molecule has 2 amide bonds. The van der Waals surface area contributed by atoms with Gasteiger partial charge in [-0.05, 0) is 29.7 Å². The van der Waals surface area contributed by atoms with E-state index in [2.05, 4.69) is 15.7 Å². The molecule has 4 rings (SSSR count). The van der Waals surface area contributed by atoms with Crippen molar-refractivity contribution >= 4 is 23.7 Å². The lowest BCUT2D eigenvalue weighted by Crippen LogP contribution is -2.41. The highest BCUT2D eigenvalue weighted by Crippen LogP contribution is 2.30. The Kier molecular flexibility index (Phi) is 8.51. The quantitative estimate of drug-likeness (QED) is 0.450. The number of benzene rings is 1. The zero-order chi connectivity index (χ0) is 28.2. The Morgan fingerprint density at radius 3 is 2.72 bits per heavy atom. The van der Waals surface area contributed by atoms with Gasteiger partial charge in [-0.15, -0.1) is 0 Å². The first-order valence-electron chi connectivity index (χ1n) is 12.5. The molecule has 1 aromatic heterocycles. The second-order valence-corrected chi connectivity index (χ2v) is 9.65. The predicted molar refractivity (Wildman–Crippen MR) is 134 cm³/mol. The molecule has 212 valence electrons. The van der Waals surface area contributed by atoms with E-state index in [1.165, 1.54) is 19.0 Å². The van der Waals surface area contributed by atoms with Crippen LogP contribution in [-0.2, 0) is 38.5 Å². The number of fused-ring (bicyclic) bond motifs is 2. The summed E-state index contributed by atoms with van der Waals surface area (Å²) in [6.45, 7) is -0.394. The third-order valence-corrected chi connectivity index (χ3v) is 6.38. The molecular weight excluding hydrogens is 521 g/mol. The van der Waals surface area contributed by atoms with Gasteiger partial charge in [-0.1, -0.05) is 6.07 Å². The van der Waals surface area contributed by atoms with Gasteiger partial charge in [-0.25, -0.2) is 9.66 Å². The summed E-state index contributed by atoms with van der Waals surface area (Å²) in [6, 6.07) is 5.02. The molecule has 39 heavy (non-hydrogen) atoms. The van der Waals surface area contributed by atoms with Gasteiger partial charge in [0.15, 0.2) is 6.61 Å². The number of hydrogen-bond acceptors (Lipinski definition) is 8. The number of hydrogen-bond donors (Lipinski definition) is 2. The molecule has 1 aromatic carbocycles. The number of nitrogens with zero attached hydrogens (tertiary/aromatic N) is 4. The molecule has 0 saturated carbocycles. The highest BCUT2D eigenvalue weighted by atomic mass is 19.4. The first-order valence-corrected chi connectivity index (χ1v) is 12.5. The zero-order valence-electron chi connectivity index (χ0n) is 21.7. The average molecular weight is 553 g/mol. The molecule has 2 N–H and O–H groups in total. The first kappa shape index (κ1) is 28.0. The van der Waals surface area contributed by atoms with Gasteiger partial charge in [-0.3, -0.25) is 14.4 Å². The molecular formula is C25H31F3N6O5. The number of carbonyl (C=O) groups is 3. The number of aromatic nitrogens is 2. The summed E-state index contributed by atoms with van der Waals surface area (Å²) in [7, 11) is 2.99. The number of anilines is 1. The Bertz CT molecular complexity index is 1190. The Hall–Kier alpha value is -3.97. The number of nitrogens with one attached hydrogen (secondary N) is 2. The third-order valence-electron chi connectivity index (χ3n) is 6.38. The summed E-state index contributed by atoms with van der Waals surface area (Å²) >= 11 is 0. The topological polar surface area (TPSA) is 118 Å². The van der Waals surface area contributed by atoms with Crippen molar-refractivity contribution in [2.75, 3.05) is 57.7 Å². The average Bonchev–Trinajstić information content (AvgIpc) is 3.24. The SMILES string of the molecule is CN(C)C(=O)COC(=O)C[C@@H]1Cc2ccc(OCCc3cn4c(n3)NCCN4)cc2CN(CC(F)(F)F)C1=O. The lowest BCUT2D eigenvalue weighted by Gasteiger charge is -2.25. The fourth-order valence-electron chi connectivity index (χ4n) is 4.39. The van der Waals surface area contributed by atoms with E-state index in [1.54, 1.807) is 22.9 Å². The van der Waals surface area contributed by atoms with Crippen molar-refractivity contribution in [3.05, 3.63) is 41.2 Å². The van der Waals surface area contributed by atoms with Crippen LogP contribution in [0.5, 0.6) is 5.75 Å². The molecule has 11 nitrogen and oxygen atoms in total. The van der Waals surface area contributed by atoms with E-state index in [0.29, 0.717) is 34.8 Å². The standard InChI is InChI=1S/C25H31F3N6O5/c1-32(2)21(35)14-39-22(36)11-17-9-16-3-4-20(10-18(16)12-33(23(17)37)15-25(26,27)28)38-8-5-19-13-34-24(31-19)29-6-7-30-34/h3-4,10,13,17,30H,5-9,11-12,14-15H2,1-2H3,(H,29,31)/t17-/m0/s1. The van der Waals surface area contributed by atoms with Gasteiger partial charge in [0.1, 0.15) is 12.3 Å². The van der Waals surface area contributed by atoms with Crippen LogP contribution in [0.4, 0.5) is 19.1 Å². The van der Waals surface area contributed by atoms with Gasteiger partial charge in [0.25, 0.3) is 5.91 Å². The van der Waals surface area contributed by atoms with Crippen LogP contribution in [0.2, 0.25) is 0 Å². The molecule has 14 heteroatoms. The second kappa shape index (κ2) is 11.8. The van der Waals surface area contributed by atoms with Gasteiger partial charge in [-0.2, -0.15) is 13.2 Å². The maximum absolute atomic E-state index is 13.3. The Labute approximate surface area is 223 Å². The number of carbonyl (C=O) groups excluding carboxylic acids is 3. The van der Waals surface area contributed by atoms with E-state index in [9.17, 15) is 27.6 Å². The Morgan fingerprint density at radius 1 is 1.21 bits per heavy atom. The van der Waals surface area contributed by atoms with Crippen molar-refractivity contribution in [3.63, 3.8) is 0 Å². The van der Waals surface area contributed by atoms with Crippen molar-refractivity contribution in [3.8, 4) is 5.75 Å². The fraction of sp³-hybridized carbons (Fsp3) is 0.520. The van der Waals surface area contributed by atoms with Crippen molar-refractivity contribution < 1.29 is 37.0 Å². The van der Waals surface area contributed by atoms with Crippen LogP contribution in [0.1, 0.15) is 23.2 Å². The number of halogens is 3. The highest BCUT2D eigenvalue weighted by molar-refractivity contribution is 5.86. The summed E-state index contributed by atoms with van der Waals surface area (Å²) in [4.78, 5) is 43.5. The number of likely N-dealkylation sites (N-methyl/N-ethyl adjacent to an activating group) is 1. The number of ether oxygens (including phenoxy) is 2. The smallest absolute Gasteiger partial charge is 0.406 e. The second-order valence-electron chi connectivity index (χ2n) is 9.65. The Balaban J connectivity index is 1.43. The maximum Gasteiger partial charge on any atom is 0.406 e. The molecule has 0 bridgehead atoms. The van der Waals surface area contributed by atoms with Crippen LogP contribution < -0.4 is 15.5 Å². The Morgan fingerprint density at radius 2 is 2.00 bits per heavy atom. The van der Waals surface area contributed by atoms with Gasteiger partial charge < -0.3 is 30.0 Å². The van der Waals surface area contributed by atoms with E-state index in [0.717, 1.165) is 24.7 Å². The number of alkyl halides is 3. The predicted octanol–water partition coefficient (Wildman–Crippen LogP) is 1.56. The highest BCUT2D eigenvalue weighted by Gasteiger charge is 2.38. The third kappa shape index (κ3) is 7.54. The number of amides is 2. The zero-order valence-corrected chi connectivity index (χ0v) is 21.7. The number of imidazole rings is 1. The van der Waals surface area contributed by atoms with Crippen LogP contribution in [0, 0.1) is 5.92 Å². The summed E-state index contributed by atoms with van der Waals surface area (Å²) in [5.41, 5.74) is 5.14. The van der Waals surface area contributed by atoms with E-state index >= 15 is 0 Å². The summed E-state index contributed by atoms with van der Waals surface area (Å²) in [5, 5.41) is 3.18. The van der Waals surface area contributed by atoms with Crippen LogP contribution in [0.25, 0.3) is 0 Å². The molecule has 3 heterocycles. The largest absolute Gasteiger partial charge is 0.493 e. The molecule has 0 radical (unpaired) electrons. The minimum Gasteiger partial charge on any atom is -0.493 e. The molecule has 0 aliphatic carbocycles. The van der Waals surface area contributed by atoms with Crippen LogP contribution in [0.3, 0.4) is 0 Å².